The van der Waals surface area contributed by atoms with Gasteiger partial charge in [0.25, 0.3) is 0 Å². The van der Waals surface area contributed by atoms with E-state index in [1.54, 1.807) is 0 Å². The summed E-state index contributed by atoms with van der Waals surface area (Å²) in [6.45, 7) is 9.44. The van der Waals surface area contributed by atoms with Crippen molar-refractivity contribution in [1.29, 1.82) is 0 Å². The largest absolute Gasteiger partial charge is 0.374 e. The third-order valence-corrected chi connectivity index (χ3v) is 2.33. The van der Waals surface area contributed by atoms with Crippen LogP contribution in [0.4, 0.5) is 0 Å². The maximum atomic E-state index is 5.60. The Morgan fingerprint density at radius 1 is 1.57 bits per heavy atom. The highest BCUT2D eigenvalue weighted by molar-refractivity contribution is 7.71. The van der Waals surface area contributed by atoms with Gasteiger partial charge in [-0.05, 0) is 39.9 Å². The number of ether oxygens (including phenoxy) is 1. The number of rotatable bonds is 4. The maximum Gasteiger partial charge on any atom is 0.195 e. The molecule has 0 aliphatic rings. The first kappa shape index (κ1) is 11.4. The van der Waals surface area contributed by atoms with Crippen LogP contribution in [0.3, 0.4) is 0 Å². The predicted molar refractivity (Wildman–Crippen MR) is 57.9 cm³/mol. The molecule has 0 aliphatic carbocycles. The summed E-state index contributed by atoms with van der Waals surface area (Å²) in [6, 6.07) is 0. The molecule has 0 unspecified atom stereocenters. The monoisotopic (exact) mass is 215 g/mol. The van der Waals surface area contributed by atoms with Crippen LogP contribution < -0.4 is 0 Å². The molecule has 80 valence electrons. The second-order valence-electron chi connectivity index (χ2n) is 3.85. The van der Waals surface area contributed by atoms with E-state index in [1.165, 1.54) is 0 Å². The Balaban J connectivity index is 2.83. The molecule has 0 fully saturated rings. The number of aryl methyl sites for hydroxylation is 1. The summed E-state index contributed by atoms with van der Waals surface area (Å²) in [5, 5.41) is 6.81. The predicted octanol–water partition coefficient (Wildman–Crippen LogP) is 2.06. The number of nitrogens with one attached hydrogen (secondary N) is 1. The molecule has 0 bridgehead atoms. The number of nitrogens with zero attached hydrogens (tertiary/aromatic N) is 2. The molecular weight excluding hydrogens is 198 g/mol. The normalized spacial score (nSPS) is 12.0. The van der Waals surface area contributed by atoms with Crippen LogP contribution >= 0.6 is 12.2 Å². The highest BCUT2D eigenvalue weighted by Gasteiger charge is 2.19. The van der Waals surface area contributed by atoms with Crippen molar-refractivity contribution in [2.24, 2.45) is 0 Å². The minimum atomic E-state index is -0.207. The molecule has 1 N–H and O–H groups in total. The van der Waals surface area contributed by atoms with E-state index in [-0.39, 0.29) is 5.60 Å². The molecular formula is C9H17N3OS. The lowest BCUT2D eigenvalue weighted by Crippen LogP contribution is -2.31. The number of aromatic amines is 1. The van der Waals surface area contributed by atoms with Crippen molar-refractivity contribution in [1.82, 2.24) is 14.8 Å². The van der Waals surface area contributed by atoms with Gasteiger partial charge in [-0.1, -0.05) is 0 Å². The Morgan fingerprint density at radius 3 is 2.64 bits per heavy atom. The van der Waals surface area contributed by atoms with Gasteiger partial charge in [-0.25, -0.2) is 0 Å². The Morgan fingerprint density at radius 2 is 2.21 bits per heavy atom. The molecule has 0 amide bonds. The Hall–Kier alpha value is -0.680. The Kier molecular flexibility index (Phi) is 3.44. The molecule has 0 atom stereocenters. The Labute approximate surface area is 89.3 Å². The van der Waals surface area contributed by atoms with Gasteiger partial charge in [0, 0.05) is 6.61 Å². The van der Waals surface area contributed by atoms with Gasteiger partial charge >= 0.3 is 0 Å². The van der Waals surface area contributed by atoms with E-state index in [9.17, 15) is 0 Å². The van der Waals surface area contributed by atoms with Crippen molar-refractivity contribution in [3.8, 4) is 0 Å². The Bertz CT molecular complexity index is 353. The van der Waals surface area contributed by atoms with Gasteiger partial charge in [0.15, 0.2) is 4.77 Å². The third-order valence-electron chi connectivity index (χ3n) is 2.02. The minimum Gasteiger partial charge on any atom is -0.374 e. The van der Waals surface area contributed by atoms with Crippen LogP contribution in [0, 0.1) is 11.7 Å². The highest BCUT2D eigenvalue weighted by atomic mass is 32.1. The van der Waals surface area contributed by atoms with Crippen molar-refractivity contribution in [3.05, 3.63) is 10.6 Å². The van der Waals surface area contributed by atoms with Gasteiger partial charge in [0.1, 0.15) is 5.82 Å². The second kappa shape index (κ2) is 4.23. The molecule has 1 heterocycles. The van der Waals surface area contributed by atoms with Crippen LogP contribution in [0.2, 0.25) is 0 Å². The molecule has 4 nitrogen and oxygen atoms in total. The smallest absolute Gasteiger partial charge is 0.195 e. The molecule has 0 saturated heterocycles. The third kappa shape index (κ3) is 2.65. The average Bonchev–Trinajstić information content (AvgIpc) is 2.35. The molecule has 0 saturated carbocycles. The van der Waals surface area contributed by atoms with Gasteiger partial charge in [-0.3, -0.25) is 5.10 Å². The second-order valence-corrected chi connectivity index (χ2v) is 4.24. The number of hydrogen-bond acceptors (Lipinski definition) is 3. The van der Waals surface area contributed by atoms with Crippen LogP contribution in [0.15, 0.2) is 0 Å². The summed E-state index contributed by atoms with van der Waals surface area (Å²) in [6.07, 6.45) is 0. The van der Waals surface area contributed by atoms with Gasteiger partial charge in [-0.2, -0.15) is 5.10 Å². The zero-order chi connectivity index (χ0) is 10.8. The zero-order valence-corrected chi connectivity index (χ0v) is 9.94. The van der Waals surface area contributed by atoms with Crippen LogP contribution in [0.5, 0.6) is 0 Å². The quantitative estimate of drug-likeness (QED) is 0.782. The van der Waals surface area contributed by atoms with Gasteiger partial charge in [0.05, 0.1) is 12.1 Å². The van der Waals surface area contributed by atoms with E-state index in [0.717, 1.165) is 12.4 Å². The van der Waals surface area contributed by atoms with E-state index < -0.39 is 0 Å². The lowest BCUT2D eigenvalue weighted by molar-refractivity contribution is -0.0230. The molecule has 1 rings (SSSR count). The SMILES string of the molecule is CCOC(C)(C)Cn1c(C)n[nH]c1=S. The molecule has 14 heavy (non-hydrogen) atoms. The van der Waals surface area contributed by atoms with E-state index in [0.29, 0.717) is 11.4 Å². The molecule has 5 heteroatoms. The molecule has 0 aliphatic heterocycles. The topological polar surface area (TPSA) is 42.8 Å². The first-order chi connectivity index (χ1) is 6.46. The van der Waals surface area contributed by atoms with Crippen LogP contribution in [0.25, 0.3) is 0 Å². The fourth-order valence-electron chi connectivity index (χ4n) is 1.40. The summed E-state index contributed by atoms with van der Waals surface area (Å²) in [4.78, 5) is 0. The van der Waals surface area contributed by atoms with Gasteiger partial charge < -0.3 is 9.30 Å². The molecule has 0 radical (unpaired) electrons. The standard InChI is InChI=1S/C9H17N3OS/c1-5-13-9(3,4)6-12-7(2)10-11-8(12)14/h5-6H2,1-4H3,(H,11,14). The first-order valence-electron chi connectivity index (χ1n) is 4.72. The van der Waals surface area contributed by atoms with E-state index in [2.05, 4.69) is 10.2 Å². The van der Waals surface area contributed by atoms with Crippen molar-refractivity contribution >= 4 is 12.2 Å². The lowest BCUT2D eigenvalue weighted by Gasteiger charge is -2.25. The molecule has 0 spiro atoms. The maximum absolute atomic E-state index is 5.60. The van der Waals surface area contributed by atoms with Gasteiger partial charge in [0.2, 0.25) is 0 Å². The lowest BCUT2D eigenvalue weighted by atomic mass is 10.1. The molecule has 0 aromatic carbocycles. The van der Waals surface area contributed by atoms with Crippen molar-refractivity contribution in [2.75, 3.05) is 6.61 Å². The van der Waals surface area contributed by atoms with E-state index >= 15 is 0 Å². The number of H-pyrrole nitrogens is 1. The van der Waals surface area contributed by atoms with Crippen LogP contribution in [0.1, 0.15) is 26.6 Å². The van der Waals surface area contributed by atoms with Gasteiger partial charge in [-0.15, -0.1) is 0 Å². The zero-order valence-electron chi connectivity index (χ0n) is 9.13. The van der Waals surface area contributed by atoms with Crippen molar-refractivity contribution in [3.63, 3.8) is 0 Å². The van der Waals surface area contributed by atoms with Crippen molar-refractivity contribution < 1.29 is 4.74 Å². The average molecular weight is 215 g/mol. The fourth-order valence-corrected chi connectivity index (χ4v) is 1.64. The van der Waals surface area contributed by atoms with Crippen molar-refractivity contribution in [2.45, 2.75) is 39.8 Å². The minimum absolute atomic E-state index is 0.207. The molecule has 1 aromatic rings. The summed E-state index contributed by atoms with van der Waals surface area (Å²) >= 11 is 5.11. The highest BCUT2D eigenvalue weighted by Crippen LogP contribution is 2.13. The van der Waals surface area contributed by atoms with E-state index in [1.807, 2.05) is 32.3 Å². The number of aromatic nitrogens is 3. The first-order valence-corrected chi connectivity index (χ1v) is 5.13. The van der Waals surface area contributed by atoms with E-state index in [4.69, 9.17) is 17.0 Å². The van der Waals surface area contributed by atoms with Crippen LogP contribution in [-0.2, 0) is 11.3 Å². The summed E-state index contributed by atoms with van der Waals surface area (Å²) in [5.74, 6) is 0.891. The molecule has 1 aromatic heterocycles. The summed E-state index contributed by atoms with van der Waals surface area (Å²) in [5.41, 5.74) is -0.207. The van der Waals surface area contributed by atoms with Crippen LogP contribution in [-0.4, -0.2) is 27.0 Å². The summed E-state index contributed by atoms with van der Waals surface area (Å²) < 4.78 is 8.20. The number of hydrogen-bond donors (Lipinski definition) is 1. The summed E-state index contributed by atoms with van der Waals surface area (Å²) in [7, 11) is 0. The fraction of sp³-hybridized carbons (Fsp3) is 0.778.